The van der Waals surface area contributed by atoms with Crippen LogP contribution in [0, 0.1) is 0 Å². The van der Waals surface area contributed by atoms with Crippen molar-refractivity contribution in [2.75, 3.05) is 19.8 Å². The van der Waals surface area contributed by atoms with Crippen LogP contribution in [-0.2, 0) is 14.3 Å². The van der Waals surface area contributed by atoms with Crippen LogP contribution < -0.4 is 5.32 Å². The zero-order valence-corrected chi connectivity index (χ0v) is 11.8. The summed E-state index contributed by atoms with van der Waals surface area (Å²) in [4.78, 5) is 21.4. The van der Waals surface area contributed by atoms with Gasteiger partial charge in [-0.25, -0.2) is 9.59 Å². The van der Waals surface area contributed by atoms with Crippen LogP contribution in [0.3, 0.4) is 0 Å². The molecule has 0 fully saturated rings. The largest absolute Gasteiger partial charge is 0.478 e. The SMILES string of the molecule is CC(C)(C)OC(=O)NCCCCOC/C=C/C(=O)O. The van der Waals surface area contributed by atoms with E-state index in [-0.39, 0.29) is 6.61 Å². The monoisotopic (exact) mass is 273 g/mol. The number of ether oxygens (including phenoxy) is 2. The van der Waals surface area contributed by atoms with Crippen LogP contribution in [-0.4, -0.2) is 42.5 Å². The molecule has 0 saturated carbocycles. The molecule has 6 nitrogen and oxygen atoms in total. The first-order valence-electron chi connectivity index (χ1n) is 6.25. The number of hydrogen-bond donors (Lipinski definition) is 2. The molecule has 0 saturated heterocycles. The Morgan fingerprint density at radius 3 is 2.53 bits per heavy atom. The highest BCUT2D eigenvalue weighted by atomic mass is 16.6. The van der Waals surface area contributed by atoms with E-state index in [0.717, 1.165) is 18.9 Å². The number of carbonyl (C=O) groups is 2. The van der Waals surface area contributed by atoms with Gasteiger partial charge in [0.25, 0.3) is 0 Å². The zero-order chi connectivity index (χ0) is 14.7. The molecule has 0 spiro atoms. The number of alkyl carbamates (subject to hydrolysis) is 1. The van der Waals surface area contributed by atoms with Gasteiger partial charge in [-0.3, -0.25) is 0 Å². The van der Waals surface area contributed by atoms with E-state index in [1.54, 1.807) is 0 Å². The Balaban J connectivity index is 3.36. The van der Waals surface area contributed by atoms with Gasteiger partial charge in [0.15, 0.2) is 0 Å². The molecule has 2 N–H and O–H groups in total. The van der Waals surface area contributed by atoms with E-state index in [2.05, 4.69) is 5.32 Å². The predicted molar refractivity (Wildman–Crippen MR) is 71.1 cm³/mol. The van der Waals surface area contributed by atoms with Gasteiger partial charge in [-0.2, -0.15) is 0 Å². The van der Waals surface area contributed by atoms with E-state index < -0.39 is 17.7 Å². The first-order chi connectivity index (χ1) is 8.81. The van der Waals surface area contributed by atoms with Crippen LogP contribution in [0.1, 0.15) is 33.6 Å². The lowest BCUT2D eigenvalue weighted by atomic mass is 10.2. The Kier molecular flexibility index (Phi) is 8.61. The Labute approximate surface area is 113 Å². The topological polar surface area (TPSA) is 84.9 Å². The molecule has 6 heteroatoms. The maximum atomic E-state index is 11.3. The normalized spacial score (nSPS) is 11.5. The van der Waals surface area contributed by atoms with E-state index >= 15 is 0 Å². The number of rotatable bonds is 8. The quantitative estimate of drug-likeness (QED) is 0.521. The molecule has 0 aromatic carbocycles. The van der Waals surface area contributed by atoms with Crippen molar-refractivity contribution in [2.24, 2.45) is 0 Å². The standard InChI is InChI=1S/C13H23NO5/c1-13(2,3)19-12(17)14-8-4-5-9-18-10-6-7-11(15)16/h6-7H,4-5,8-10H2,1-3H3,(H,14,17)(H,15,16)/b7-6+. The number of carboxylic acid groups (broad SMARTS) is 1. The van der Waals surface area contributed by atoms with E-state index in [9.17, 15) is 9.59 Å². The maximum absolute atomic E-state index is 11.3. The molecule has 110 valence electrons. The van der Waals surface area contributed by atoms with Gasteiger partial charge >= 0.3 is 12.1 Å². The summed E-state index contributed by atoms with van der Waals surface area (Å²) < 4.78 is 10.3. The predicted octanol–water partition coefficient (Wildman–Crippen LogP) is 1.95. The summed E-state index contributed by atoms with van der Waals surface area (Å²) in [6.07, 6.45) is 3.64. The Morgan fingerprint density at radius 1 is 1.26 bits per heavy atom. The molecule has 1 amide bonds. The number of nitrogens with one attached hydrogen (secondary N) is 1. The maximum Gasteiger partial charge on any atom is 0.407 e. The van der Waals surface area contributed by atoms with Gasteiger partial charge in [0.1, 0.15) is 5.60 Å². The van der Waals surface area contributed by atoms with Gasteiger partial charge < -0.3 is 19.9 Å². The highest BCUT2D eigenvalue weighted by Gasteiger charge is 2.15. The molecule has 0 aliphatic heterocycles. The van der Waals surface area contributed by atoms with Gasteiger partial charge in [0, 0.05) is 19.2 Å². The lowest BCUT2D eigenvalue weighted by molar-refractivity contribution is -0.131. The van der Waals surface area contributed by atoms with E-state index in [1.165, 1.54) is 6.08 Å². The molecular weight excluding hydrogens is 250 g/mol. The Hall–Kier alpha value is -1.56. The lowest BCUT2D eigenvalue weighted by Gasteiger charge is -2.19. The van der Waals surface area contributed by atoms with Gasteiger partial charge in [-0.15, -0.1) is 0 Å². The van der Waals surface area contributed by atoms with Crippen molar-refractivity contribution in [1.29, 1.82) is 0 Å². The Morgan fingerprint density at radius 2 is 1.95 bits per heavy atom. The van der Waals surface area contributed by atoms with Crippen molar-refractivity contribution in [2.45, 2.75) is 39.2 Å². The average molecular weight is 273 g/mol. The average Bonchev–Trinajstić information content (AvgIpc) is 2.24. The van der Waals surface area contributed by atoms with Crippen LogP contribution in [0.5, 0.6) is 0 Å². The minimum atomic E-state index is -0.981. The highest BCUT2D eigenvalue weighted by Crippen LogP contribution is 2.06. The minimum Gasteiger partial charge on any atom is -0.478 e. The molecule has 0 aliphatic carbocycles. The molecule has 0 radical (unpaired) electrons. The molecule has 0 atom stereocenters. The van der Waals surface area contributed by atoms with Gasteiger partial charge in [-0.05, 0) is 33.6 Å². The summed E-state index contributed by atoms with van der Waals surface area (Å²) in [5.41, 5.74) is -0.482. The molecule has 0 bridgehead atoms. The third-order valence-corrected chi connectivity index (χ3v) is 1.86. The van der Waals surface area contributed by atoms with E-state index in [0.29, 0.717) is 13.2 Å². The van der Waals surface area contributed by atoms with Gasteiger partial charge in [0.2, 0.25) is 0 Å². The summed E-state index contributed by atoms with van der Waals surface area (Å²) in [5, 5.41) is 11.0. The summed E-state index contributed by atoms with van der Waals surface area (Å²) in [6, 6.07) is 0. The number of carbonyl (C=O) groups excluding carboxylic acids is 1. The second kappa shape index (κ2) is 9.38. The number of carboxylic acids is 1. The lowest BCUT2D eigenvalue weighted by Crippen LogP contribution is -2.33. The van der Waals surface area contributed by atoms with Crippen molar-refractivity contribution in [3.05, 3.63) is 12.2 Å². The second-order valence-electron chi connectivity index (χ2n) is 4.95. The first kappa shape index (κ1) is 17.4. The first-order valence-corrected chi connectivity index (χ1v) is 6.25. The van der Waals surface area contributed by atoms with Crippen molar-refractivity contribution in [3.8, 4) is 0 Å². The van der Waals surface area contributed by atoms with E-state index in [1.807, 2.05) is 20.8 Å². The number of aliphatic carboxylic acids is 1. The third-order valence-electron chi connectivity index (χ3n) is 1.86. The molecule has 0 heterocycles. The van der Waals surface area contributed by atoms with Crippen molar-refractivity contribution in [3.63, 3.8) is 0 Å². The van der Waals surface area contributed by atoms with Crippen LogP contribution in [0.15, 0.2) is 12.2 Å². The van der Waals surface area contributed by atoms with Crippen LogP contribution in [0.25, 0.3) is 0 Å². The summed E-state index contributed by atoms with van der Waals surface area (Å²) in [6.45, 7) is 6.77. The molecule has 0 aromatic rings. The van der Waals surface area contributed by atoms with Crippen LogP contribution in [0.4, 0.5) is 4.79 Å². The van der Waals surface area contributed by atoms with Crippen molar-refractivity contribution >= 4 is 12.1 Å². The fraction of sp³-hybridized carbons (Fsp3) is 0.692. The van der Waals surface area contributed by atoms with Crippen molar-refractivity contribution < 1.29 is 24.2 Å². The molecule has 0 aliphatic rings. The summed E-state index contributed by atoms with van der Waals surface area (Å²) in [7, 11) is 0. The van der Waals surface area contributed by atoms with Crippen LogP contribution in [0.2, 0.25) is 0 Å². The zero-order valence-electron chi connectivity index (χ0n) is 11.8. The number of amides is 1. The molecule has 0 rings (SSSR count). The fourth-order valence-corrected chi connectivity index (χ4v) is 1.13. The highest BCUT2D eigenvalue weighted by molar-refractivity contribution is 5.79. The number of hydrogen-bond acceptors (Lipinski definition) is 4. The van der Waals surface area contributed by atoms with Crippen molar-refractivity contribution in [1.82, 2.24) is 5.32 Å². The summed E-state index contributed by atoms with van der Waals surface area (Å²) in [5.74, 6) is -0.981. The van der Waals surface area contributed by atoms with E-state index in [4.69, 9.17) is 14.6 Å². The third kappa shape index (κ3) is 14.4. The second-order valence-corrected chi connectivity index (χ2v) is 4.95. The Bertz CT molecular complexity index is 307. The molecule has 19 heavy (non-hydrogen) atoms. The van der Waals surface area contributed by atoms with Crippen LogP contribution >= 0.6 is 0 Å². The fourth-order valence-electron chi connectivity index (χ4n) is 1.13. The summed E-state index contributed by atoms with van der Waals surface area (Å²) >= 11 is 0. The minimum absolute atomic E-state index is 0.284. The van der Waals surface area contributed by atoms with Gasteiger partial charge in [0.05, 0.1) is 6.61 Å². The molecule has 0 aromatic heterocycles. The number of unbranched alkanes of at least 4 members (excludes halogenated alkanes) is 1. The molecule has 0 unspecified atom stereocenters. The smallest absolute Gasteiger partial charge is 0.407 e. The molecular formula is C13H23NO5. The van der Waals surface area contributed by atoms with Gasteiger partial charge in [-0.1, -0.05) is 6.08 Å².